The Morgan fingerprint density at radius 1 is 1.28 bits per heavy atom. The van der Waals surface area contributed by atoms with Gasteiger partial charge in [-0.3, -0.25) is 0 Å². The standard InChI is InChI=1S/C14H14ClIOS/c1-2-10-4-5-11(18-10)8-14(17)12-7-9(15)3-6-13(12)16/h3-7,14,17H,2,8H2,1H3. The van der Waals surface area contributed by atoms with Gasteiger partial charge in [0.1, 0.15) is 0 Å². The zero-order valence-corrected chi connectivity index (χ0v) is 13.7. The van der Waals surface area contributed by atoms with Gasteiger partial charge < -0.3 is 5.11 Å². The molecule has 18 heavy (non-hydrogen) atoms. The van der Waals surface area contributed by atoms with Crippen molar-refractivity contribution in [1.29, 1.82) is 0 Å². The molecule has 1 heterocycles. The van der Waals surface area contributed by atoms with Gasteiger partial charge in [-0.15, -0.1) is 11.3 Å². The molecule has 4 heteroatoms. The van der Waals surface area contributed by atoms with Crippen LogP contribution >= 0.6 is 45.5 Å². The summed E-state index contributed by atoms with van der Waals surface area (Å²) in [7, 11) is 0. The van der Waals surface area contributed by atoms with Gasteiger partial charge in [0.05, 0.1) is 6.10 Å². The number of aryl methyl sites for hydroxylation is 1. The molecule has 1 aromatic carbocycles. The van der Waals surface area contributed by atoms with Crippen molar-refractivity contribution < 1.29 is 5.11 Å². The maximum Gasteiger partial charge on any atom is 0.0848 e. The number of thiophene rings is 1. The Morgan fingerprint density at radius 2 is 2.00 bits per heavy atom. The highest BCUT2D eigenvalue weighted by molar-refractivity contribution is 14.1. The second-order valence-electron chi connectivity index (χ2n) is 4.11. The first-order valence-corrected chi connectivity index (χ1v) is 8.08. The lowest BCUT2D eigenvalue weighted by Crippen LogP contribution is -2.02. The van der Waals surface area contributed by atoms with Gasteiger partial charge in [0.25, 0.3) is 0 Å². The zero-order chi connectivity index (χ0) is 13.1. The highest BCUT2D eigenvalue weighted by Crippen LogP contribution is 2.28. The third-order valence-electron chi connectivity index (χ3n) is 2.78. The van der Waals surface area contributed by atoms with Crippen molar-refractivity contribution in [2.75, 3.05) is 0 Å². The minimum atomic E-state index is -0.487. The lowest BCUT2D eigenvalue weighted by atomic mass is 10.1. The number of halogens is 2. The molecule has 2 aromatic rings. The van der Waals surface area contributed by atoms with E-state index in [1.165, 1.54) is 9.75 Å². The van der Waals surface area contributed by atoms with Crippen molar-refractivity contribution in [3.63, 3.8) is 0 Å². The molecule has 0 aliphatic rings. The molecule has 2 rings (SSSR count). The highest BCUT2D eigenvalue weighted by atomic mass is 127. The summed E-state index contributed by atoms with van der Waals surface area (Å²) in [5.41, 5.74) is 0.912. The van der Waals surface area contributed by atoms with Crippen molar-refractivity contribution in [3.05, 3.63) is 54.2 Å². The van der Waals surface area contributed by atoms with Crippen molar-refractivity contribution >= 4 is 45.5 Å². The Hall–Kier alpha value is -0.100. The van der Waals surface area contributed by atoms with Crippen LogP contribution in [0.2, 0.25) is 5.02 Å². The normalized spacial score (nSPS) is 12.7. The number of benzene rings is 1. The van der Waals surface area contributed by atoms with Gasteiger partial charge in [-0.05, 0) is 64.9 Å². The summed E-state index contributed by atoms with van der Waals surface area (Å²) in [6.07, 6.45) is 1.22. The molecule has 1 unspecified atom stereocenters. The van der Waals surface area contributed by atoms with Crippen LogP contribution in [0.1, 0.15) is 28.3 Å². The van der Waals surface area contributed by atoms with Crippen molar-refractivity contribution in [3.8, 4) is 0 Å². The van der Waals surface area contributed by atoms with Gasteiger partial charge in [-0.25, -0.2) is 0 Å². The minimum absolute atomic E-state index is 0.487. The molecule has 0 radical (unpaired) electrons. The first-order valence-electron chi connectivity index (χ1n) is 5.80. The fraction of sp³-hybridized carbons (Fsp3) is 0.286. The average molecular weight is 393 g/mol. The Kier molecular flexibility index (Phi) is 5.06. The number of hydrogen-bond donors (Lipinski definition) is 1. The maximum absolute atomic E-state index is 10.3. The van der Waals surface area contributed by atoms with Crippen molar-refractivity contribution in [2.45, 2.75) is 25.9 Å². The van der Waals surface area contributed by atoms with E-state index in [0.29, 0.717) is 11.4 Å². The second-order valence-corrected chi connectivity index (χ2v) is 6.96. The van der Waals surface area contributed by atoms with Crippen molar-refractivity contribution in [2.24, 2.45) is 0 Å². The molecule has 1 aromatic heterocycles. The Labute approximate surface area is 130 Å². The summed E-state index contributed by atoms with van der Waals surface area (Å²) >= 11 is 9.98. The van der Waals surface area contributed by atoms with Crippen LogP contribution in [0.3, 0.4) is 0 Å². The van der Waals surface area contributed by atoms with Gasteiger partial charge in [-0.2, -0.15) is 0 Å². The maximum atomic E-state index is 10.3. The summed E-state index contributed by atoms with van der Waals surface area (Å²) in [6.45, 7) is 2.14. The molecule has 0 saturated heterocycles. The van der Waals surface area contributed by atoms with Gasteiger partial charge in [0.2, 0.25) is 0 Å². The quantitative estimate of drug-likeness (QED) is 0.738. The van der Waals surface area contributed by atoms with Crippen LogP contribution in [-0.4, -0.2) is 5.11 Å². The molecule has 1 atom stereocenters. The average Bonchev–Trinajstić information content (AvgIpc) is 2.80. The van der Waals surface area contributed by atoms with E-state index < -0.39 is 6.10 Å². The van der Waals surface area contributed by atoms with Crippen LogP contribution in [0.15, 0.2) is 30.3 Å². The minimum Gasteiger partial charge on any atom is -0.388 e. The van der Waals surface area contributed by atoms with E-state index in [1.54, 1.807) is 11.3 Å². The monoisotopic (exact) mass is 392 g/mol. The fourth-order valence-corrected chi connectivity index (χ4v) is 3.66. The molecule has 0 fully saturated rings. The molecule has 0 spiro atoms. The summed E-state index contributed by atoms with van der Waals surface area (Å²) in [4.78, 5) is 2.58. The largest absolute Gasteiger partial charge is 0.388 e. The SMILES string of the molecule is CCc1ccc(CC(O)c2cc(Cl)ccc2I)s1. The van der Waals surface area contributed by atoms with E-state index in [-0.39, 0.29) is 0 Å². The highest BCUT2D eigenvalue weighted by Gasteiger charge is 2.13. The second kappa shape index (κ2) is 6.37. The Morgan fingerprint density at radius 3 is 2.67 bits per heavy atom. The van der Waals surface area contributed by atoms with Crippen LogP contribution in [0.4, 0.5) is 0 Å². The summed E-state index contributed by atoms with van der Waals surface area (Å²) in [5.74, 6) is 0. The predicted molar refractivity (Wildman–Crippen MR) is 86.5 cm³/mol. The van der Waals surface area contributed by atoms with Crippen LogP contribution in [-0.2, 0) is 12.8 Å². The van der Waals surface area contributed by atoms with E-state index in [0.717, 1.165) is 15.6 Å². The molecule has 1 nitrogen and oxygen atoms in total. The van der Waals surface area contributed by atoms with Crippen LogP contribution in [0, 0.1) is 3.57 Å². The van der Waals surface area contributed by atoms with Crippen LogP contribution < -0.4 is 0 Å². The van der Waals surface area contributed by atoms with E-state index in [1.807, 2.05) is 18.2 Å². The molecule has 1 N–H and O–H groups in total. The third kappa shape index (κ3) is 3.47. The molecule has 0 bridgehead atoms. The van der Waals surface area contributed by atoms with E-state index >= 15 is 0 Å². The Bertz CT molecular complexity index is 538. The summed E-state index contributed by atoms with van der Waals surface area (Å²) in [5, 5.41) is 11.0. The lowest BCUT2D eigenvalue weighted by Gasteiger charge is -2.12. The van der Waals surface area contributed by atoms with E-state index in [9.17, 15) is 5.11 Å². The zero-order valence-electron chi connectivity index (χ0n) is 9.99. The Balaban J connectivity index is 2.16. The topological polar surface area (TPSA) is 20.2 Å². The van der Waals surface area contributed by atoms with Crippen molar-refractivity contribution in [1.82, 2.24) is 0 Å². The molecule has 96 valence electrons. The molecular formula is C14H14ClIOS. The number of aliphatic hydroxyl groups excluding tert-OH is 1. The smallest absolute Gasteiger partial charge is 0.0848 e. The third-order valence-corrected chi connectivity index (χ3v) is 5.25. The number of rotatable bonds is 4. The molecule has 0 aliphatic heterocycles. The molecule has 0 aliphatic carbocycles. The van der Waals surface area contributed by atoms with Gasteiger partial charge in [0, 0.05) is 24.8 Å². The fourth-order valence-electron chi connectivity index (χ4n) is 1.79. The number of aliphatic hydroxyl groups is 1. The molecule has 0 saturated carbocycles. The van der Waals surface area contributed by atoms with E-state index in [2.05, 4.69) is 41.6 Å². The predicted octanol–water partition coefficient (Wildman–Crippen LogP) is 4.84. The van der Waals surface area contributed by atoms with Crippen LogP contribution in [0.5, 0.6) is 0 Å². The van der Waals surface area contributed by atoms with Crippen LogP contribution in [0.25, 0.3) is 0 Å². The molecule has 0 amide bonds. The van der Waals surface area contributed by atoms with Gasteiger partial charge in [0.15, 0.2) is 0 Å². The van der Waals surface area contributed by atoms with Gasteiger partial charge >= 0.3 is 0 Å². The van der Waals surface area contributed by atoms with Gasteiger partial charge in [-0.1, -0.05) is 18.5 Å². The van der Waals surface area contributed by atoms with E-state index in [4.69, 9.17) is 11.6 Å². The summed E-state index contributed by atoms with van der Waals surface area (Å²) < 4.78 is 1.05. The molecular weight excluding hydrogens is 379 g/mol. The first kappa shape index (κ1) is 14.3. The first-order chi connectivity index (χ1) is 8.60. The number of hydrogen-bond acceptors (Lipinski definition) is 2. The summed E-state index contributed by atoms with van der Waals surface area (Å²) in [6, 6.07) is 9.87. The lowest BCUT2D eigenvalue weighted by molar-refractivity contribution is 0.178.